The number of aryl methyl sites for hydroxylation is 2. The van der Waals surface area contributed by atoms with E-state index in [9.17, 15) is 0 Å². The summed E-state index contributed by atoms with van der Waals surface area (Å²) in [6.45, 7) is 1.07. The summed E-state index contributed by atoms with van der Waals surface area (Å²) in [5, 5.41) is 8.43. The van der Waals surface area contributed by atoms with E-state index in [1.54, 1.807) is 0 Å². The van der Waals surface area contributed by atoms with E-state index in [0.717, 1.165) is 31.6 Å². The van der Waals surface area contributed by atoms with Crippen LogP contribution < -0.4 is 4.57 Å². The zero-order chi connectivity index (χ0) is 10.9. The van der Waals surface area contributed by atoms with Crippen molar-refractivity contribution in [3.63, 3.8) is 0 Å². The minimum atomic E-state index is 0.672. The van der Waals surface area contributed by atoms with Crippen LogP contribution in [0.25, 0.3) is 0 Å². The van der Waals surface area contributed by atoms with Gasteiger partial charge in [-0.2, -0.15) is 17.0 Å². The Morgan fingerprint density at radius 2 is 2.40 bits per heavy atom. The lowest BCUT2D eigenvalue weighted by Crippen LogP contribution is -2.37. The first-order valence-corrected chi connectivity index (χ1v) is 6.69. The molecule has 82 valence electrons. The Morgan fingerprint density at radius 3 is 3.13 bits per heavy atom. The van der Waals surface area contributed by atoms with Gasteiger partial charge in [-0.25, -0.2) is 9.55 Å². The van der Waals surface area contributed by atoms with Crippen molar-refractivity contribution >= 4 is 11.8 Å². The molecule has 1 heterocycles. The van der Waals surface area contributed by atoms with Gasteiger partial charge in [-0.05, 0) is 19.1 Å². The molecule has 0 aliphatic rings. The van der Waals surface area contributed by atoms with Crippen LogP contribution in [0.3, 0.4) is 0 Å². The van der Waals surface area contributed by atoms with E-state index in [1.807, 2.05) is 18.0 Å². The van der Waals surface area contributed by atoms with Gasteiger partial charge in [-0.1, -0.05) is 0 Å². The number of hydrogen-bond donors (Lipinski definition) is 1. The molecule has 0 amide bonds. The van der Waals surface area contributed by atoms with E-state index in [-0.39, 0.29) is 0 Å². The zero-order valence-electron chi connectivity index (χ0n) is 9.20. The number of aromatic nitrogens is 2. The number of nitrogens with zero attached hydrogens (tertiary/aromatic N) is 2. The monoisotopic (exact) mass is 224 g/mol. The van der Waals surface area contributed by atoms with Gasteiger partial charge < -0.3 is 0 Å². The summed E-state index contributed by atoms with van der Waals surface area (Å²) in [6, 6.07) is 2.18. The third-order valence-electron chi connectivity index (χ3n) is 2.34. The normalized spacial score (nSPS) is 10.1. The van der Waals surface area contributed by atoms with Gasteiger partial charge in [0.2, 0.25) is 0 Å². The molecule has 0 aliphatic carbocycles. The Labute approximate surface area is 95.5 Å². The topological polar surface area (TPSA) is 43.5 Å². The molecule has 0 atom stereocenters. The van der Waals surface area contributed by atoms with Gasteiger partial charge >= 0.3 is 0 Å². The Morgan fingerprint density at radius 1 is 1.53 bits per heavy atom. The first-order valence-electron chi connectivity index (χ1n) is 5.30. The molecule has 0 aliphatic heterocycles. The molecular formula is C11H18N3S+. The molecule has 0 bridgehead atoms. The Balaban J connectivity index is 2.33. The number of nitriles is 1. The van der Waals surface area contributed by atoms with E-state index in [0.29, 0.717) is 6.42 Å². The van der Waals surface area contributed by atoms with Crippen LogP contribution in [-0.2, 0) is 13.0 Å². The van der Waals surface area contributed by atoms with E-state index < -0.39 is 0 Å². The predicted molar refractivity (Wildman–Crippen MR) is 62.5 cm³/mol. The number of unbranched alkanes of at least 4 members (excludes halogenated alkanes) is 2. The third kappa shape index (κ3) is 4.39. The molecule has 1 aromatic rings. The highest BCUT2D eigenvalue weighted by molar-refractivity contribution is 7.98. The second-order valence-electron chi connectivity index (χ2n) is 3.46. The summed E-state index contributed by atoms with van der Waals surface area (Å²) < 4.78 is 2.27. The fourth-order valence-electron chi connectivity index (χ4n) is 1.51. The molecule has 0 radical (unpaired) electrons. The highest BCUT2D eigenvalue weighted by Gasteiger charge is 2.08. The lowest BCUT2D eigenvalue weighted by molar-refractivity contribution is -0.698. The van der Waals surface area contributed by atoms with Crippen LogP contribution in [0.2, 0.25) is 0 Å². The van der Waals surface area contributed by atoms with Gasteiger partial charge in [0.15, 0.2) is 0 Å². The predicted octanol–water partition coefficient (Wildman–Crippen LogP) is 1.90. The third-order valence-corrected chi connectivity index (χ3v) is 2.93. The van der Waals surface area contributed by atoms with Crippen LogP contribution in [0.4, 0.5) is 0 Å². The van der Waals surface area contributed by atoms with Gasteiger partial charge in [0.25, 0.3) is 5.82 Å². The minimum absolute atomic E-state index is 0.672. The molecular weight excluding hydrogens is 206 g/mol. The maximum absolute atomic E-state index is 8.43. The summed E-state index contributed by atoms with van der Waals surface area (Å²) in [5.41, 5.74) is 0. The van der Waals surface area contributed by atoms with Crippen molar-refractivity contribution in [2.45, 2.75) is 32.2 Å². The summed E-state index contributed by atoms with van der Waals surface area (Å²) in [5.74, 6) is 2.43. The van der Waals surface area contributed by atoms with E-state index in [1.165, 1.54) is 5.82 Å². The molecule has 0 aromatic carbocycles. The smallest absolute Gasteiger partial charge is 0.248 e. The number of rotatable bonds is 7. The van der Waals surface area contributed by atoms with Crippen molar-refractivity contribution in [3.8, 4) is 6.07 Å². The number of thioether (sulfide) groups is 1. The Kier molecular flexibility index (Phi) is 5.94. The maximum atomic E-state index is 8.43. The summed E-state index contributed by atoms with van der Waals surface area (Å²) >= 11 is 1.86. The van der Waals surface area contributed by atoms with Gasteiger partial charge in [0.05, 0.1) is 12.6 Å². The number of aromatic amines is 1. The number of imidazole rings is 1. The highest BCUT2D eigenvalue weighted by Crippen LogP contribution is 2.00. The van der Waals surface area contributed by atoms with Crippen molar-refractivity contribution in [2.75, 3.05) is 12.0 Å². The summed E-state index contributed by atoms with van der Waals surface area (Å²) in [4.78, 5) is 3.26. The standard InChI is InChI=1S/C11H17N3S/c1-15-10-9-14-8-7-13-11(14)5-3-2-4-6-12/h7-8H,2-5,9-10H2,1H3/p+1. The van der Waals surface area contributed by atoms with Crippen LogP contribution in [0, 0.1) is 11.3 Å². The molecule has 0 unspecified atom stereocenters. The minimum Gasteiger partial charge on any atom is -0.248 e. The SMILES string of the molecule is CSCC[n+]1cc[nH]c1CCCCC#N. The number of nitrogens with one attached hydrogen (secondary N) is 1. The van der Waals surface area contributed by atoms with Crippen molar-refractivity contribution in [3.05, 3.63) is 18.2 Å². The molecule has 3 nitrogen and oxygen atoms in total. The largest absolute Gasteiger partial charge is 0.254 e. The molecule has 1 N–H and O–H groups in total. The lowest BCUT2D eigenvalue weighted by Gasteiger charge is -1.99. The molecule has 0 spiro atoms. The molecule has 0 saturated carbocycles. The van der Waals surface area contributed by atoms with Crippen LogP contribution in [0.5, 0.6) is 0 Å². The van der Waals surface area contributed by atoms with Gasteiger partial charge in [-0.3, -0.25) is 0 Å². The Hall–Kier alpha value is -0.950. The molecule has 1 aromatic heterocycles. The first kappa shape index (κ1) is 12.1. The van der Waals surface area contributed by atoms with E-state index >= 15 is 0 Å². The van der Waals surface area contributed by atoms with E-state index in [4.69, 9.17) is 5.26 Å². The van der Waals surface area contributed by atoms with Crippen molar-refractivity contribution in [1.29, 1.82) is 5.26 Å². The average Bonchev–Trinajstić information content (AvgIpc) is 2.69. The van der Waals surface area contributed by atoms with Crippen LogP contribution in [0.15, 0.2) is 12.4 Å². The second kappa shape index (κ2) is 7.36. The van der Waals surface area contributed by atoms with Gasteiger partial charge in [0, 0.05) is 18.6 Å². The van der Waals surface area contributed by atoms with Crippen LogP contribution >= 0.6 is 11.8 Å². The van der Waals surface area contributed by atoms with Gasteiger partial charge in [-0.15, -0.1) is 0 Å². The fourth-order valence-corrected chi connectivity index (χ4v) is 1.89. The Bertz CT molecular complexity index is 314. The average molecular weight is 224 g/mol. The van der Waals surface area contributed by atoms with Crippen LogP contribution in [-0.4, -0.2) is 17.0 Å². The quantitative estimate of drug-likeness (QED) is 0.568. The fraction of sp³-hybridized carbons (Fsp3) is 0.636. The molecule has 4 heteroatoms. The zero-order valence-corrected chi connectivity index (χ0v) is 10.0. The molecule has 1 rings (SSSR count). The molecule has 0 saturated heterocycles. The van der Waals surface area contributed by atoms with Crippen molar-refractivity contribution in [1.82, 2.24) is 4.98 Å². The van der Waals surface area contributed by atoms with Crippen LogP contribution in [0.1, 0.15) is 25.1 Å². The highest BCUT2D eigenvalue weighted by atomic mass is 32.2. The summed E-state index contributed by atoms with van der Waals surface area (Å²) in [6.07, 6.45) is 10.0. The van der Waals surface area contributed by atoms with Crippen molar-refractivity contribution < 1.29 is 4.57 Å². The first-order chi connectivity index (χ1) is 7.38. The summed E-state index contributed by atoms with van der Waals surface area (Å²) in [7, 11) is 0. The maximum Gasteiger partial charge on any atom is 0.254 e. The second-order valence-corrected chi connectivity index (χ2v) is 4.44. The number of H-pyrrole nitrogens is 1. The molecule has 0 fully saturated rings. The van der Waals surface area contributed by atoms with E-state index in [2.05, 4.69) is 28.1 Å². The molecule has 15 heavy (non-hydrogen) atoms. The lowest BCUT2D eigenvalue weighted by atomic mass is 10.2. The van der Waals surface area contributed by atoms with Gasteiger partial charge in [0.1, 0.15) is 12.4 Å². The number of hydrogen-bond acceptors (Lipinski definition) is 2. The van der Waals surface area contributed by atoms with Crippen molar-refractivity contribution in [2.24, 2.45) is 0 Å².